The maximum Gasteiger partial charge on any atom is 0.329 e. The maximum absolute atomic E-state index is 12.2. The molecule has 6 nitrogen and oxygen atoms in total. The van der Waals surface area contributed by atoms with Crippen LogP contribution in [0, 0.1) is 0 Å². The molecule has 7 heteroatoms. The second kappa shape index (κ2) is 6.01. The number of nitrogens with one attached hydrogen (secondary N) is 1. The summed E-state index contributed by atoms with van der Waals surface area (Å²) in [5, 5.41) is 0. The fraction of sp³-hybridized carbons (Fsp3) is 0.0588. The Hall–Kier alpha value is -2.80. The van der Waals surface area contributed by atoms with Crippen LogP contribution in [0.15, 0.2) is 64.3 Å². The number of aromatic nitrogens is 5. The topological polar surface area (TPSA) is 76.5 Å². The van der Waals surface area contributed by atoms with Gasteiger partial charge in [-0.1, -0.05) is 34.1 Å². The first-order valence-electron chi connectivity index (χ1n) is 7.31. The van der Waals surface area contributed by atoms with Crippen LogP contribution in [0.25, 0.3) is 22.6 Å². The van der Waals surface area contributed by atoms with Gasteiger partial charge in [-0.25, -0.2) is 14.8 Å². The van der Waals surface area contributed by atoms with Gasteiger partial charge in [0.25, 0.3) is 0 Å². The average Bonchev–Trinajstić information content (AvgIpc) is 2.91. The number of halogens is 1. The van der Waals surface area contributed by atoms with Crippen molar-refractivity contribution in [1.82, 2.24) is 24.5 Å². The Morgan fingerprint density at radius 3 is 2.88 bits per heavy atom. The van der Waals surface area contributed by atoms with Gasteiger partial charge in [-0.05, 0) is 23.8 Å². The van der Waals surface area contributed by atoms with E-state index in [9.17, 15) is 4.79 Å². The van der Waals surface area contributed by atoms with Gasteiger partial charge >= 0.3 is 5.69 Å². The Balaban J connectivity index is 1.78. The zero-order valence-electron chi connectivity index (χ0n) is 12.5. The van der Waals surface area contributed by atoms with E-state index in [1.807, 2.05) is 36.4 Å². The number of pyridine rings is 1. The minimum Gasteiger partial charge on any atom is -0.289 e. The molecule has 4 rings (SSSR count). The molecule has 3 heterocycles. The number of hydrogen-bond donors (Lipinski definition) is 1. The minimum atomic E-state index is -0.236. The highest BCUT2D eigenvalue weighted by Gasteiger charge is 2.11. The zero-order chi connectivity index (χ0) is 16.5. The average molecular weight is 382 g/mol. The van der Waals surface area contributed by atoms with Gasteiger partial charge in [-0.3, -0.25) is 14.5 Å². The molecule has 0 amide bonds. The molecule has 0 spiro atoms. The van der Waals surface area contributed by atoms with Crippen LogP contribution in [0.1, 0.15) is 5.56 Å². The number of rotatable bonds is 3. The molecule has 4 aromatic rings. The van der Waals surface area contributed by atoms with E-state index in [0.717, 1.165) is 15.6 Å². The molecule has 1 aromatic carbocycles. The highest BCUT2D eigenvalue weighted by atomic mass is 79.9. The SMILES string of the molecule is O=c1[nH]c2nc(-c3cccc(Br)c3)cnc2n1Cc1cccnc1. The number of nitrogens with zero attached hydrogens (tertiary/aromatic N) is 4. The Bertz CT molecular complexity index is 1070. The standard InChI is InChI=1S/C17H12BrN5O/c18-13-5-1-4-12(7-13)14-9-20-16-15(21-14)22-17(24)23(16)10-11-3-2-6-19-8-11/h1-9H,10H2,(H,21,22,24). The number of hydrogen-bond acceptors (Lipinski definition) is 4. The zero-order valence-corrected chi connectivity index (χ0v) is 14.1. The smallest absolute Gasteiger partial charge is 0.289 e. The van der Waals surface area contributed by atoms with E-state index in [-0.39, 0.29) is 5.69 Å². The van der Waals surface area contributed by atoms with Crippen LogP contribution < -0.4 is 5.69 Å². The van der Waals surface area contributed by atoms with Crippen LogP contribution >= 0.6 is 15.9 Å². The molecule has 0 radical (unpaired) electrons. The van der Waals surface area contributed by atoms with Crippen molar-refractivity contribution in [3.63, 3.8) is 0 Å². The molecule has 1 N–H and O–H groups in total. The molecule has 0 aliphatic carbocycles. The minimum absolute atomic E-state index is 0.236. The summed E-state index contributed by atoms with van der Waals surface area (Å²) in [5.41, 5.74) is 3.33. The Morgan fingerprint density at radius 1 is 1.17 bits per heavy atom. The van der Waals surface area contributed by atoms with Gasteiger partial charge < -0.3 is 0 Å². The van der Waals surface area contributed by atoms with E-state index in [1.54, 1.807) is 23.2 Å². The van der Waals surface area contributed by atoms with Crippen LogP contribution in [0.4, 0.5) is 0 Å². The third-order valence-corrected chi connectivity index (χ3v) is 4.16. The first-order valence-corrected chi connectivity index (χ1v) is 8.10. The molecular weight excluding hydrogens is 370 g/mol. The first-order chi connectivity index (χ1) is 11.7. The summed E-state index contributed by atoms with van der Waals surface area (Å²) in [6.45, 7) is 0.400. The van der Waals surface area contributed by atoms with Crippen LogP contribution in [0.3, 0.4) is 0 Å². The largest absolute Gasteiger partial charge is 0.329 e. The number of imidazole rings is 1. The van der Waals surface area contributed by atoms with Crippen LogP contribution in [0.5, 0.6) is 0 Å². The maximum atomic E-state index is 12.2. The van der Waals surface area contributed by atoms with E-state index in [2.05, 4.69) is 35.9 Å². The third-order valence-electron chi connectivity index (χ3n) is 3.66. The number of aromatic amines is 1. The number of fused-ring (bicyclic) bond motifs is 1. The molecule has 3 aromatic heterocycles. The van der Waals surface area contributed by atoms with Crippen molar-refractivity contribution in [2.45, 2.75) is 6.54 Å². The van der Waals surface area contributed by atoms with Gasteiger partial charge in [0.15, 0.2) is 11.3 Å². The van der Waals surface area contributed by atoms with Crippen molar-refractivity contribution in [2.75, 3.05) is 0 Å². The van der Waals surface area contributed by atoms with Crippen LogP contribution in [-0.2, 0) is 6.54 Å². The van der Waals surface area contributed by atoms with Gasteiger partial charge in [0.2, 0.25) is 0 Å². The number of benzene rings is 1. The van der Waals surface area contributed by atoms with E-state index in [0.29, 0.717) is 23.5 Å². The molecule has 118 valence electrons. The summed E-state index contributed by atoms with van der Waals surface area (Å²) in [4.78, 5) is 28.1. The molecule has 0 bridgehead atoms. The van der Waals surface area contributed by atoms with Gasteiger partial charge in [-0.2, -0.15) is 0 Å². The van der Waals surface area contributed by atoms with Gasteiger partial charge in [-0.15, -0.1) is 0 Å². The van der Waals surface area contributed by atoms with Crippen molar-refractivity contribution in [3.05, 3.63) is 75.5 Å². The predicted molar refractivity (Wildman–Crippen MR) is 94.6 cm³/mol. The van der Waals surface area contributed by atoms with Gasteiger partial charge in [0.05, 0.1) is 18.4 Å². The van der Waals surface area contributed by atoms with Gasteiger partial charge in [0.1, 0.15) is 0 Å². The van der Waals surface area contributed by atoms with Crippen molar-refractivity contribution in [3.8, 4) is 11.3 Å². The summed E-state index contributed by atoms with van der Waals surface area (Å²) in [7, 11) is 0. The Morgan fingerprint density at radius 2 is 2.08 bits per heavy atom. The molecule has 0 saturated carbocycles. The highest BCUT2D eigenvalue weighted by molar-refractivity contribution is 9.10. The first kappa shape index (κ1) is 14.8. The summed E-state index contributed by atoms with van der Waals surface area (Å²) in [6.07, 6.45) is 5.11. The van der Waals surface area contributed by atoms with Crippen molar-refractivity contribution >= 4 is 27.2 Å². The van der Waals surface area contributed by atoms with Crippen LogP contribution in [0.2, 0.25) is 0 Å². The van der Waals surface area contributed by atoms with Gasteiger partial charge in [0, 0.05) is 22.4 Å². The lowest BCUT2D eigenvalue weighted by atomic mass is 10.2. The van der Waals surface area contributed by atoms with Crippen molar-refractivity contribution < 1.29 is 0 Å². The molecule has 24 heavy (non-hydrogen) atoms. The van der Waals surface area contributed by atoms with Crippen molar-refractivity contribution in [2.24, 2.45) is 0 Å². The lowest BCUT2D eigenvalue weighted by molar-refractivity contribution is 0.774. The second-order valence-corrected chi connectivity index (χ2v) is 6.23. The highest BCUT2D eigenvalue weighted by Crippen LogP contribution is 2.21. The molecule has 0 saturated heterocycles. The van der Waals surface area contributed by atoms with Crippen LogP contribution in [-0.4, -0.2) is 24.5 Å². The van der Waals surface area contributed by atoms with E-state index >= 15 is 0 Å². The third kappa shape index (κ3) is 2.74. The van der Waals surface area contributed by atoms with E-state index < -0.39 is 0 Å². The predicted octanol–water partition coefficient (Wildman–Crippen LogP) is 2.99. The lowest BCUT2D eigenvalue weighted by Gasteiger charge is -2.04. The van der Waals surface area contributed by atoms with E-state index in [1.165, 1.54) is 0 Å². The normalized spacial score (nSPS) is 11.0. The fourth-order valence-electron chi connectivity index (χ4n) is 2.54. The summed E-state index contributed by atoms with van der Waals surface area (Å²) < 4.78 is 2.52. The Kier molecular flexibility index (Phi) is 3.70. The number of H-pyrrole nitrogens is 1. The quantitative estimate of drug-likeness (QED) is 0.591. The Labute approximate surface area is 145 Å². The molecule has 0 unspecified atom stereocenters. The summed E-state index contributed by atoms with van der Waals surface area (Å²) in [5.74, 6) is 0. The second-order valence-electron chi connectivity index (χ2n) is 5.32. The molecule has 0 atom stereocenters. The molecule has 0 aliphatic rings. The summed E-state index contributed by atoms with van der Waals surface area (Å²) in [6, 6.07) is 11.5. The van der Waals surface area contributed by atoms with E-state index in [4.69, 9.17) is 0 Å². The molecule has 0 fully saturated rings. The molecular formula is C17H12BrN5O. The fourth-order valence-corrected chi connectivity index (χ4v) is 2.94. The monoisotopic (exact) mass is 381 g/mol. The lowest BCUT2D eigenvalue weighted by Crippen LogP contribution is -2.17. The summed E-state index contributed by atoms with van der Waals surface area (Å²) >= 11 is 3.45. The molecule has 0 aliphatic heterocycles. The van der Waals surface area contributed by atoms with Crippen molar-refractivity contribution in [1.29, 1.82) is 0 Å².